The van der Waals surface area contributed by atoms with Gasteiger partial charge in [0.05, 0.1) is 0 Å². The predicted molar refractivity (Wildman–Crippen MR) is 52.2 cm³/mol. The SMILES string of the molecule is O=C1NCCN1c1ccc(Cl)cc1. The molecule has 1 N–H and O–H groups in total. The lowest BCUT2D eigenvalue weighted by atomic mass is 10.3. The summed E-state index contributed by atoms with van der Waals surface area (Å²) in [7, 11) is 0. The highest BCUT2D eigenvalue weighted by molar-refractivity contribution is 6.30. The number of halogens is 1. The second-order valence-electron chi connectivity index (χ2n) is 2.86. The summed E-state index contributed by atoms with van der Waals surface area (Å²) in [5, 5.41) is 3.42. The highest BCUT2D eigenvalue weighted by Crippen LogP contribution is 2.19. The summed E-state index contributed by atoms with van der Waals surface area (Å²) in [6, 6.07) is 7.20. The van der Waals surface area contributed by atoms with E-state index >= 15 is 0 Å². The van der Waals surface area contributed by atoms with Crippen LogP contribution in [0.4, 0.5) is 10.5 Å². The standard InChI is InChI=1S/C9H9ClN2O/c10-7-1-3-8(4-2-7)12-6-5-11-9(12)13/h1-4H,5-6H2,(H,11,13). The van der Waals surface area contributed by atoms with Crippen molar-refractivity contribution in [3.05, 3.63) is 29.3 Å². The molecule has 1 aromatic carbocycles. The van der Waals surface area contributed by atoms with Gasteiger partial charge < -0.3 is 5.32 Å². The minimum atomic E-state index is -0.0395. The number of carbonyl (C=O) groups is 1. The van der Waals surface area contributed by atoms with Crippen molar-refractivity contribution in [3.63, 3.8) is 0 Å². The molecule has 1 saturated heterocycles. The van der Waals surface area contributed by atoms with E-state index in [-0.39, 0.29) is 6.03 Å². The number of hydrogen-bond acceptors (Lipinski definition) is 1. The van der Waals surface area contributed by atoms with Crippen LogP contribution in [0.1, 0.15) is 0 Å². The number of nitrogens with zero attached hydrogens (tertiary/aromatic N) is 1. The highest BCUT2D eigenvalue weighted by atomic mass is 35.5. The van der Waals surface area contributed by atoms with Crippen molar-refractivity contribution in [3.8, 4) is 0 Å². The number of anilines is 1. The average molecular weight is 197 g/mol. The van der Waals surface area contributed by atoms with E-state index in [1.54, 1.807) is 17.0 Å². The van der Waals surface area contributed by atoms with Crippen LogP contribution in [0.5, 0.6) is 0 Å². The van der Waals surface area contributed by atoms with E-state index in [1.165, 1.54) is 0 Å². The van der Waals surface area contributed by atoms with Crippen molar-refractivity contribution in [1.29, 1.82) is 0 Å². The van der Waals surface area contributed by atoms with Crippen molar-refractivity contribution < 1.29 is 4.79 Å². The van der Waals surface area contributed by atoms with E-state index in [9.17, 15) is 4.79 Å². The third-order valence-electron chi connectivity index (χ3n) is 2.00. The van der Waals surface area contributed by atoms with Crippen LogP contribution in [0.2, 0.25) is 5.02 Å². The van der Waals surface area contributed by atoms with Crippen LogP contribution in [0.15, 0.2) is 24.3 Å². The summed E-state index contributed by atoms with van der Waals surface area (Å²) in [5.74, 6) is 0. The molecule has 0 aliphatic carbocycles. The maximum absolute atomic E-state index is 11.2. The van der Waals surface area contributed by atoms with Crippen molar-refractivity contribution in [1.82, 2.24) is 5.32 Å². The van der Waals surface area contributed by atoms with Crippen molar-refractivity contribution in [2.24, 2.45) is 0 Å². The molecular weight excluding hydrogens is 188 g/mol. The summed E-state index contributed by atoms with van der Waals surface area (Å²) < 4.78 is 0. The van der Waals surface area contributed by atoms with Crippen LogP contribution < -0.4 is 10.2 Å². The van der Waals surface area contributed by atoms with Gasteiger partial charge in [-0.25, -0.2) is 4.79 Å². The molecular formula is C9H9ClN2O. The Morgan fingerprint density at radius 3 is 2.54 bits per heavy atom. The molecule has 1 fully saturated rings. The summed E-state index contributed by atoms with van der Waals surface area (Å²) in [6.07, 6.45) is 0. The third kappa shape index (κ3) is 1.60. The Bertz CT molecular complexity index is 323. The first kappa shape index (κ1) is 8.38. The van der Waals surface area contributed by atoms with Crippen LogP contribution in [-0.4, -0.2) is 19.1 Å². The Balaban J connectivity index is 2.25. The topological polar surface area (TPSA) is 32.3 Å². The molecule has 1 heterocycles. The maximum atomic E-state index is 11.2. The zero-order chi connectivity index (χ0) is 9.26. The summed E-state index contributed by atoms with van der Waals surface area (Å²) in [5.41, 5.74) is 0.888. The molecule has 0 radical (unpaired) electrons. The smallest absolute Gasteiger partial charge is 0.321 e. The number of hydrogen-bond donors (Lipinski definition) is 1. The molecule has 0 unspecified atom stereocenters. The van der Waals surface area contributed by atoms with E-state index in [4.69, 9.17) is 11.6 Å². The van der Waals surface area contributed by atoms with E-state index < -0.39 is 0 Å². The molecule has 0 saturated carbocycles. The largest absolute Gasteiger partial charge is 0.336 e. The second kappa shape index (κ2) is 3.26. The third-order valence-corrected chi connectivity index (χ3v) is 2.25. The molecule has 0 aromatic heterocycles. The van der Waals surface area contributed by atoms with Gasteiger partial charge in [-0.3, -0.25) is 4.90 Å². The number of nitrogens with one attached hydrogen (secondary N) is 1. The second-order valence-corrected chi connectivity index (χ2v) is 3.30. The molecule has 1 aliphatic heterocycles. The zero-order valence-electron chi connectivity index (χ0n) is 6.96. The number of carbonyl (C=O) groups excluding carboxylic acids is 1. The van der Waals surface area contributed by atoms with Gasteiger partial charge in [0.1, 0.15) is 0 Å². The number of amides is 2. The van der Waals surface area contributed by atoms with Crippen molar-refractivity contribution >= 4 is 23.3 Å². The summed E-state index contributed by atoms with van der Waals surface area (Å²) in [6.45, 7) is 1.43. The minimum absolute atomic E-state index is 0.0395. The Morgan fingerprint density at radius 2 is 2.00 bits per heavy atom. The van der Waals surface area contributed by atoms with Gasteiger partial charge in [0.2, 0.25) is 0 Å². The van der Waals surface area contributed by atoms with Crippen LogP contribution in [0, 0.1) is 0 Å². The van der Waals surface area contributed by atoms with E-state index in [1.807, 2.05) is 12.1 Å². The Hall–Kier alpha value is -1.22. The van der Waals surface area contributed by atoms with E-state index in [0.717, 1.165) is 12.2 Å². The molecule has 2 rings (SSSR count). The molecule has 4 heteroatoms. The molecule has 1 aliphatic rings. The monoisotopic (exact) mass is 196 g/mol. The zero-order valence-corrected chi connectivity index (χ0v) is 7.71. The molecule has 0 bridgehead atoms. The first-order chi connectivity index (χ1) is 6.27. The number of rotatable bonds is 1. The normalized spacial score (nSPS) is 16.1. The molecule has 0 atom stereocenters. The summed E-state index contributed by atoms with van der Waals surface area (Å²) in [4.78, 5) is 12.9. The maximum Gasteiger partial charge on any atom is 0.321 e. The van der Waals surface area contributed by atoms with Crippen LogP contribution in [0.25, 0.3) is 0 Å². The van der Waals surface area contributed by atoms with Crippen molar-refractivity contribution in [2.75, 3.05) is 18.0 Å². The van der Waals surface area contributed by atoms with Crippen LogP contribution in [-0.2, 0) is 0 Å². The molecule has 1 aromatic rings. The molecule has 13 heavy (non-hydrogen) atoms. The predicted octanol–water partition coefficient (Wildman–Crippen LogP) is 1.87. The van der Waals surface area contributed by atoms with Gasteiger partial charge in [-0.1, -0.05) is 11.6 Å². The lowest BCUT2D eigenvalue weighted by Gasteiger charge is -2.13. The summed E-state index contributed by atoms with van der Waals surface area (Å²) >= 11 is 5.74. The lowest BCUT2D eigenvalue weighted by Crippen LogP contribution is -2.27. The number of benzene rings is 1. The number of urea groups is 1. The Morgan fingerprint density at radius 1 is 1.31 bits per heavy atom. The van der Waals surface area contributed by atoms with Gasteiger partial charge in [0, 0.05) is 23.8 Å². The van der Waals surface area contributed by atoms with E-state index in [0.29, 0.717) is 11.6 Å². The Labute approximate surface area is 81.3 Å². The van der Waals surface area contributed by atoms with Crippen LogP contribution in [0.3, 0.4) is 0 Å². The molecule has 0 spiro atoms. The lowest BCUT2D eigenvalue weighted by molar-refractivity contribution is 0.252. The first-order valence-corrected chi connectivity index (χ1v) is 4.46. The fraction of sp³-hybridized carbons (Fsp3) is 0.222. The van der Waals surface area contributed by atoms with Crippen molar-refractivity contribution in [2.45, 2.75) is 0 Å². The Kier molecular flexibility index (Phi) is 2.10. The van der Waals surface area contributed by atoms with Gasteiger partial charge in [-0.15, -0.1) is 0 Å². The van der Waals surface area contributed by atoms with Gasteiger partial charge in [0.25, 0.3) is 0 Å². The van der Waals surface area contributed by atoms with Gasteiger partial charge in [-0.2, -0.15) is 0 Å². The van der Waals surface area contributed by atoms with Gasteiger partial charge in [0.15, 0.2) is 0 Å². The quantitative estimate of drug-likeness (QED) is 0.731. The molecule has 2 amide bonds. The fourth-order valence-corrected chi connectivity index (χ4v) is 1.46. The van der Waals surface area contributed by atoms with Gasteiger partial charge >= 0.3 is 6.03 Å². The first-order valence-electron chi connectivity index (χ1n) is 4.08. The van der Waals surface area contributed by atoms with Gasteiger partial charge in [-0.05, 0) is 24.3 Å². The average Bonchev–Trinajstić information content (AvgIpc) is 2.53. The van der Waals surface area contributed by atoms with Crippen LogP contribution >= 0.6 is 11.6 Å². The molecule has 3 nitrogen and oxygen atoms in total. The minimum Gasteiger partial charge on any atom is -0.336 e. The molecule has 68 valence electrons. The van der Waals surface area contributed by atoms with E-state index in [2.05, 4.69) is 5.32 Å². The fourth-order valence-electron chi connectivity index (χ4n) is 1.34. The highest BCUT2D eigenvalue weighted by Gasteiger charge is 2.20.